The molecule has 2 heterocycles. The smallest absolute Gasteiger partial charge is 0.225 e. The zero-order valence-electron chi connectivity index (χ0n) is 15.6. The Hall–Kier alpha value is -1.12. The number of rotatable bonds is 2. The number of hydrogen-bond donors (Lipinski definition) is 0. The van der Waals surface area contributed by atoms with Crippen LogP contribution in [0.1, 0.15) is 65.2 Å². The molecule has 0 amide bonds. The van der Waals surface area contributed by atoms with E-state index in [9.17, 15) is 0 Å². The summed E-state index contributed by atoms with van der Waals surface area (Å²) < 4.78 is 7.37. The molecule has 3 nitrogen and oxygen atoms in total. The summed E-state index contributed by atoms with van der Waals surface area (Å²) in [5.74, 6) is 1.36. The lowest BCUT2D eigenvalue weighted by Crippen LogP contribution is -2.45. The van der Waals surface area contributed by atoms with Crippen LogP contribution in [0.15, 0.2) is 0 Å². The highest BCUT2D eigenvalue weighted by atomic mass is 15.2. The molecule has 118 valence electrons. The van der Waals surface area contributed by atoms with Crippen LogP contribution in [0.25, 0.3) is 0 Å². The topological polar surface area (TPSA) is 11.8 Å². The van der Waals surface area contributed by atoms with Gasteiger partial charge >= 0.3 is 5.82 Å². The van der Waals surface area contributed by atoms with E-state index in [-0.39, 0.29) is 11.0 Å². The van der Waals surface area contributed by atoms with Gasteiger partial charge in [-0.3, -0.25) is 0 Å². The monoisotopic (exact) mass is 291 g/mol. The summed E-state index contributed by atoms with van der Waals surface area (Å²) in [6, 6.07) is 0.507. The van der Waals surface area contributed by atoms with Crippen molar-refractivity contribution < 1.29 is 9.14 Å². The molecule has 0 spiro atoms. The lowest BCUT2D eigenvalue weighted by molar-refractivity contribution is -0.684. The zero-order valence-corrected chi connectivity index (χ0v) is 15.6. The van der Waals surface area contributed by atoms with Gasteiger partial charge in [0.15, 0.2) is 5.54 Å². The predicted octanol–water partition coefficient (Wildman–Crippen LogP) is 2.88. The summed E-state index contributed by atoms with van der Waals surface area (Å²) >= 11 is 0. The van der Waals surface area contributed by atoms with Crippen molar-refractivity contribution >= 4 is 5.71 Å². The molecule has 1 aliphatic rings. The minimum atomic E-state index is 0.191. The van der Waals surface area contributed by atoms with Crippen LogP contribution in [0.4, 0.5) is 0 Å². The Morgan fingerprint density at radius 2 is 1.62 bits per heavy atom. The van der Waals surface area contributed by atoms with Crippen molar-refractivity contribution in [1.82, 2.24) is 4.57 Å². The number of imidazole rings is 1. The third-order valence-electron chi connectivity index (χ3n) is 5.30. The van der Waals surface area contributed by atoms with Crippen molar-refractivity contribution in [3.8, 4) is 0 Å². The Morgan fingerprint density at radius 3 is 2.00 bits per heavy atom. The maximum absolute atomic E-state index is 2.64. The standard InChI is InChI=1S/C18H33N3/c1-12(2)21-15(17(5,6)11-18(21,7)8)16-19(9)13(3)14(4)20(16)10/h12H,11H2,1-10H3/q+2. The van der Waals surface area contributed by atoms with Gasteiger partial charge in [0, 0.05) is 20.3 Å². The van der Waals surface area contributed by atoms with Crippen LogP contribution in [0.3, 0.4) is 0 Å². The largest absolute Gasteiger partial charge is 0.350 e. The van der Waals surface area contributed by atoms with E-state index in [2.05, 4.69) is 83.2 Å². The van der Waals surface area contributed by atoms with Gasteiger partial charge in [-0.2, -0.15) is 0 Å². The van der Waals surface area contributed by atoms with Gasteiger partial charge in [-0.15, -0.1) is 0 Å². The maximum Gasteiger partial charge on any atom is 0.350 e. The molecule has 1 aromatic rings. The van der Waals surface area contributed by atoms with E-state index in [1.54, 1.807) is 0 Å². The van der Waals surface area contributed by atoms with Gasteiger partial charge in [-0.25, -0.2) is 13.7 Å². The maximum atomic E-state index is 2.64. The Bertz CT molecular complexity index is 587. The van der Waals surface area contributed by atoms with Gasteiger partial charge in [0.2, 0.25) is 0 Å². The minimum Gasteiger partial charge on any atom is -0.225 e. The fraction of sp³-hybridized carbons (Fsp3) is 0.778. The van der Waals surface area contributed by atoms with E-state index in [1.165, 1.54) is 29.3 Å². The number of nitrogens with zero attached hydrogens (tertiary/aromatic N) is 3. The molecule has 0 atom stereocenters. The van der Waals surface area contributed by atoms with E-state index < -0.39 is 0 Å². The van der Waals surface area contributed by atoms with Crippen molar-refractivity contribution in [2.24, 2.45) is 19.5 Å². The average molecular weight is 291 g/mol. The first kappa shape index (κ1) is 16.3. The van der Waals surface area contributed by atoms with E-state index in [1.807, 2.05) is 0 Å². The van der Waals surface area contributed by atoms with E-state index in [0.717, 1.165) is 0 Å². The van der Waals surface area contributed by atoms with Crippen LogP contribution in [0.2, 0.25) is 0 Å². The quantitative estimate of drug-likeness (QED) is 0.743. The first-order chi connectivity index (χ1) is 9.42. The molecular weight excluding hydrogens is 258 g/mol. The second kappa shape index (κ2) is 4.69. The lowest BCUT2D eigenvalue weighted by Gasteiger charge is -2.20. The molecule has 0 aliphatic carbocycles. The van der Waals surface area contributed by atoms with Crippen LogP contribution in [-0.2, 0) is 14.1 Å². The molecule has 21 heavy (non-hydrogen) atoms. The molecule has 0 aromatic carbocycles. The molecule has 0 saturated carbocycles. The highest BCUT2D eigenvalue weighted by Crippen LogP contribution is 2.41. The van der Waals surface area contributed by atoms with Crippen molar-refractivity contribution in [2.75, 3.05) is 0 Å². The van der Waals surface area contributed by atoms with Crippen molar-refractivity contribution in [2.45, 2.75) is 73.4 Å². The third kappa shape index (κ3) is 2.25. The SMILES string of the molecule is Cc1c(C)[n+](C)c(C2=[N+](C(C)C)C(C)(C)CC2(C)C)n1C. The molecule has 0 unspecified atom stereocenters. The second-order valence-electron chi connectivity index (χ2n) is 8.30. The summed E-state index contributed by atoms with van der Waals surface area (Å²) in [6.07, 6.45) is 1.19. The summed E-state index contributed by atoms with van der Waals surface area (Å²) in [5.41, 5.74) is 4.58. The molecule has 1 aliphatic heterocycles. The first-order valence-electron chi connectivity index (χ1n) is 8.11. The summed E-state index contributed by atoms with van der Waals surface area (Å²) in [7, 11) is 4.40. The summed E-state index contributed by atoms with van der Waals surface area (Å²) in [6.45, 7) is 18.6. The van der Waals surface area contributed by atoms with Crippen molar-refractivity contribution in [3.63, 3.8) is 0 Å². The van der Waals surface area contributed by atoms with E-state index >= 15 is 0 Å². The zero-order chi connectivity index (χ0) is 16.3. The van der Waals surface area contributed by atoms with Gasteiger partial charge in [0.1, 0.15) is 17.4 Å². The Kier molecular flexibility index (Phi) is 3.63. The van der Waals surface area contributed by atoms with Crippen LogP contribution in [0.5, 0.6) is 0 Å². The molecule has 2 rings (SSSR count). The van der Waals surface area contributed by atoms with Crippen LogP contribution in [0, 0.1) is 19.3 Å². The van der Waals surface area contributed by atoms with E-state index in [4.69, 9.17) is 0 Å². The molecular formula is C18H33N3+2. The van der Waals surface area contributed by atoms with E-state index in [0.29, 0.717) is 6.04 Å². The fourth-order valence-electron chi connectivity index (χ4n) is 4.59. The Balaban J connectivity index is 2.87. The Morgan fingerprint density at radius 1 is 1.10 bits per heavy atom. The number of aromatic nitrogens is 2. The van der Waals surface area contributed by atoms with Crippen molar-refractivity contribution in [3.05, 3.63) is 17.2 Å². The minimum absolute atomic E-state index is 0.191. The first-order valence-corrected chi connectivity index (χ1v) is 8.11. The molecule has 0 saturated heterocycles. The van der Waals surface area contributed by atoms with Gasteiger partial charge < -0.3 is 0 Å². The van der Waals surface area contributed by atoms with Gasteiger partial charge in [-0.05, 0) is 41.5 Å². The van der Waals surface area contributed by atoms with Gasteiger partial charge in [-0.1, -0.05) is 0 Å². The second-order valence-corrected chi connectivity index (χ2v) is 8.30. The Labute approximate surface area is 130 Å². The molecule has 1 aromatic heterocycles. The highest BCUT2D eigenvalue weighted by molar-refractivity contribution is 5.98. The van der Waals surface area contributed by atoms with Crippen molar-refractivity contribution in [1.29, 1.82) is 0 Å². The molecule has 0 bridgehead atoms. The van der Waals surface area contributed by atoms with Crippen LogP contribution < -0.4 is 4.57 Å². The van der Waals surface area contributed by atoms with Gasteiger partial charge in [0.05, 0.1) is 19.5 Å². The van der Waals surface area contributed by atoms with Crippen LogP contribution in [-0.4, -0.2) is 26.4 Å². The highest BCUT2D eigenvalue weighted by Gasteiger charge is 2.56. The fourth-order valence-corrected chi connectivity index (χ4v) is 4.59. The number of hydrogen-bond acceptors (Lipinski definition) is 0. The normalized spacial score (nSPS) is 20.7. The summed E-state index contributed by atoms with van der Waals surface area (Å²) in [4.78, 5) is 0. The molecule has 0 N–H and O–H groups in total. The lowest BCUT2D eigenvalue weighted by atomic mass is 9.80. The van der Waals surface area contributed by atoms with Crippen LogP contribution >= 0.6 is 0 Å². The average Bonchev–Trinajstić information content (AvgIpc) is 2.61. The third-order valence-corrected chi connectivity index (χ3v) is 5.30. The van der Waals surface area contributed by atoms with Gasteiger partial charge in [0.25, 0.3) is 5.71 Å². The molecule has 0 radical (unpaired) electrons. The molecule has 0 fully saturated rings. The predicted molar refractivity (Wildman–Crippen MR) is 88.0 cm³/mol. The molecule has 3 heteroatoms. The summed E-state index contributed by atoms with van der Waals surface area (Å²) in [5, 5.41) is 0.